The van der Waals surface area contributed by atoms with Gasteiger partial charge in [0.2, 0.25) is 0 Å². The molecule has 0 bridgehead atoms. The minimum absolute atomic E-state index is 0.0281. The van der Waals surface area contributed by atoms with Crippen molar-refractivity contribution >= 4 is 11.6 Å². The molecule has 0 saturated carbocycles. The van der Waals surface area contributed by atoms with E-state index in [-0.39, 0.29) is 19.2 Å². The van der Waals surface area contributed by atoms with E-state index in [1.807, 2.05) is 0 Å². The topological polar surface area (TPSA) is 55.6 Å². The summed E-state index contributed by atoms with van der Waals surface area (Å²) < 4.78 is 4.54. The van der Waals surface area contributed by atoms with Gasteiger partial charge in [0, 0.05) is 13.0 Å². The fraction of sp³-hybridized carbons (Fsp3) is 1.00. The van der Waals surface area contributed by atoms with Crippen LogP contribution in [0.5, 0.6) is 0 Å². The van der Waals surface area contributed by atoms with Gasteiger partial charge < -0.3 is 4.74 Å². The molecule has 0 aliphatic carbocycles. The van der Waals surface area contributed by atoms with Crippen LogP contribution in [0, 0.1) is 10.1 Å². The Kier molecular flexibility index (Phi) is 4.96. The lowest BCUT2D eigenvalue weighted by Gasteiger charge is -2.10. The van der Waals surface area contributed by atoms with Crippen molar-refractivity contribution in [3.05, 3.63) is 10.1 Å². The van der Waals surface area contributed by atoms with Crippen LogP contribution in [-0.4, -0.2) is 36.3 Å². The number of rotatable bonds is 5. The van der Waals surface area contributed by atoms with Gasteiger partial charge in [0.15, 0.2) is 11.8 Å². The lowest BCUT2D eigenvalue weighted by Crippen LogP contribution is -2.33. The standard InChI is InChI=1S/C4H9ClN2O3/c1-10-4-6(3-2-5)7(8)9/h2-4H2,1H3. The van der Waals surface area contributed by atoms with Crippen molar-refractivity contribution in [2.75, 3.05) is 26.3 Å². The summed E-state index contributed by atoms with van der Waals surface area (Å²) in [5.74, 6) is 0.227. The van der Waals surface area contributed by atoms with Crippen molar-refractivity contribution in [3.63, 3.8) is 0 Å². The molecule has 10 heavy (non-hydrogen) atoms. The van der Waals surface area contributed by atoms with Crippen LogP contribution in [0.2, 0.25) is 0 Å². The number of methoxy groups -OCH3 is 1. The van der Waals surface area contributed by atoms with Crippen molar-refractivity contribution in [3.8, 4) is 0 Å². The summed E-state index contributed by atoms with van der Waals surface area (Å²) in [5, 5.41) is 10.4. The zero-order valence-electron chi connectivity index (χ0n) is 5.62. The molecular weight excluding hydrogens is 160 g/mol. The highest BCUT2D eigenvalue weighted by atomic mass is 35.5. The van der Waals surface area contributed by atoms with Crippen LogP contribution in [0.1, 0.15) is 0 Å². The maximum atomic E-state index is 10.1. The SMILES string of the molecule is COCN(CCCl)[N+](=O)[O-]. The normalized spacial score (nSPS) is 9.40. The Bertz CT molecular complexity index is 105. The molecule has 0 saturated heterocycles. The second kappa shape index (κ2) is 5.25. The summed E-state index contributed by atoms with van der Waals surface area (Å²) in [6.45, 7) is 0.169. The molecule has 0 N–H and O–H groups in total. The van der Waals surface area contributed by atoms with Crippen molar-refractivity contribution in [2.24, 2.45) is 0 Å². The zero-order valence-corrected chi connectivity index (χ0v) is 6.37. The molecule has 0 heterocycles. The second-order valence-electron chi connectivity index (χ2n) is 1.57. The van der Waals surface area contributed by atoms with E-state index in [0.717, 1.165) is 5.01 Å². The van der Waals surface area contributed by atoms with E-state index in [0.29, 0.717) is 0 Å². The molecule has 0 radical (unpaired) electrons. The third-order valence-electron chi connectivity index (χ3n) is 0.852. The summed E-state index contributed by atoms with van der Waals surface area (Å²) in [5.41, 5.74) is 0. The number of hydrazine groups is 1. The van der Waals surface area contributed by atoms with Gasteiger partial charge in [-0.2, -0.15) is 0 Å². The van der Waals surface area contributed by atoms with Gasteiger partial charge in [-0.05, 0) is 0 Å². The molecule has 0 aliphatic rings. The van der Waals surface area contributed by atoms with E-state index >= 15 is 0 Å². The molecule has 60 valence electrons. The monoisotopic (exact) mass is 168 g/mol. The van der Waals surface area contributed by atoms with E-state index in [1.165, 1.54) is 7.11 Å². The molecule has 0 aliphatic heterocycles. The van der Waals surface area contributed by atoms with E-state index in [4.69, 9.17) is 11.6 Å². The molecule has 0 unspecified atom stereocenters. The Balaban J connectivity index is 3.61. The molecular formula is C4H9ClN2O3. The molecule has 0 atom stereocenters. The molecule has 0 rings (SSSR count). The molecule has 0 fully saturated rings. The second-order valence-corrected chi connectivity index (χ2v) is 1.95. The van der Waals surface area contributed by atoms with Gasteiger partial charge in [-0.3, -0.25) is 0 Å². The van der Waals surface area contributed by atoms with Crippen molar-refractivity contribution in [1.29, 1.82) is 0 Å². The Hall–Kier alpha value is -0.550. The fourth-order valence-electron chi connectivity index (χ4n) is 0.440. The number of alkyl halides is 1. The number of hydrogen-bond donors (Lipinski definition) is 0. The van der Waals surface area contributed by atoms with Crippen molar-refractivity contribution < 1.29 is 9.77 Å². The maximum absolute atomic E-state index is 10.1. The summed E-state index contributed by atoms with van der Waals surface area (Å²) >= 11 is 5.27. The lowest BCUT2D eigenvalue weighted by molar-refractivity contribution is -0.662. The zero-order chi connectivity index (χ0) is 7.98. The van der Waals surface area contributed by atoms with Crippen LogP contribution in [0.3, 0.4) is 0 Å². The minimum atomic E-state index is -0.536. The Labute approximate surface area is 63.6 Å². The lowest BCUT2D eigenvalue weighted by atomic mass is 10.7. The van der Waals surface area contributed by atoms with Crippen LogP contribution in [0.15, 0.2) is 0 Å². The molecule has 0 amide bonds. The number of halogens is 1. The summed E-state index contributed by atoms with van der Waals surface area (Å²) in [7, 11) is 1.39. The highest BCUT2D eigenvalue weighted by Crippen LogP contribution is 1.89. The van der Waals surface area contributed by atoms with Crippen LogP contribution >= 0.6 is 11.6 Å². The highest BCUT2D eigenvalue weighted by molar-refractivity contribution is 6.18. The quantitative estimate of drug-likeness (QED) is 0.257. The molecule has 0 aromatic heterocycles. The van der Waals surface area contributed by atoms with Gasteiger partial charge in [0.1, 0.15) is 0 Å². The third kappa shape index (κ3) is 3.47. The first-order valence-electron chi connectivity index (χ1n) is 2.66. The van der Waals surface area contributed by atoms with E-state index in [1.54, 1.807) is 0 Å². The third-order valence-corrected chi connectivity index (χ3v) is 1.02. The van der Waals surface area contributed by atoms with E-state index < -0.39 is 5.03 Å². The van der Waals surface area contributed by atoms with Gasteiger partial charge >= 0.3 is 0 Å². The minimum Gasteiger partial charge on any atom is -0.359 e. The number of nitrogens with zero attached hydrogens (tertiary/aromatic N) is 2. The van der Waals surface area contributed by atoms with Crippen LogP contribution in [0.4, 0.5) is 0 Å². The van der Waals surface area contributed by atoms with Crippen molar-refractivity contribution in [2.45, 2.75) is 0 Å². The van der Waals surface area contributed by atoms with Crippen LogP contribution < -0.4 is 0 Å². The average Bonchev–Trinajstić information content (AvgIpc) is 1.87. The molecule has 0 spiro atoms. The summed E-state index contributed by atoms with van der Waals surface area (Å²) in [6.07, 6.45) is 0. The predicted molar refractivity (Wildman–Crippen MR) is 36.3 cm³/mol. The molecule has 6 heteroatoms. The van der Waals surface area contributed by atoms with E-state index in [2.05, 4.69) is 4.74 Å². The summed E-state index contributed by atoms with van der Waals surface area (Å²) in [6, 6.07) is 0. The number of nitro groups is 1. The molecule has 0 aromatic carbocycles. The highest BCUT2D eigenvalue weighted by Gasteiger charge is 2.10. The average molecular weight is 169 g/mol. The van der Waals surface area contributed by atoms with Crippen LogP contribution in [-0.2, 0) is 4.74 Å². The van der Waals surface area contributed by atoms with Gasteiger partial charge in [0.05, 0.1) is 6.54 Å². The number of ether oxygens (including phenoxy) is 1. The maximum Gasteiger partial charge on any atom is 0.176 e. The Morgan fingerprint density at radius 1 is 1.80 bits per heavy atom. The van der Waals surface area contributed by atoms with Gasteiger partial charge in [-0.1, -0.05) is 0 Å². The van der Waals surface area contributed by atoms with Crippen molar-refractivity contribution in [1.82, 2.24) is 5.01 Å². The molecule has 5 nitrogen and oxygen atoms in total. The van der Waals surface area contributed by atoms with Gasteiger partial charge in [0.25, 0.3) is 0 Å². The largest absolute Gasteiger partial charge is 0.359 e. The predicted octanol–water partition coefficient (Wildman–Crippen LogP) is 0.323. The first-order valence-corrected chi connectivity index (χ1v) is 3.20. The first-order chi connectivity index (χ1) is 4.72. The van der Waals surface area contributed by atoms with Gasteiger partial charge in [-0.15, -0.1) is 16.6 Å². The first kappa shape index (κ1) is 9.45. The smallest absolute Gasteiger partial charge is 0.176 e. The van der Waals surface area contributed by atoms with E-state index in [9.17, 15) is 10.1 Å². The molecule has 0 aromatic rings. The Morgan fingerprint density at radius 2 is 2.40 bits per heavy atom. The Morgan fingerprint density at radius 3 is 2.70 bits per heavy atom. The van der Waals surface area contributed by atoms with Gasteiger partial charge in [-0.25, -0.2) is 10.1 Å². The fourth-order valence-corrected chi connectivity index (χ4v) is 0.635. The number of hydrogen-bond acceptors (Lipinski definition) is 3. The summed E-state index contributed by atoms with van der Waals surface area (Å²) in [4.78, 5) is 10.1. The van der Waals surface area contributed by atoms with Crippen LogP contribution in [0.25, 0.3) is 0 Å².